The van der Waals surface area contributed by atoms with Crippen LogP contribution in [0.5, 0.6) is 0 Å². The van der Waals surface area contributed by atoms with Crippen molar-refractivity contribution in [2.75, 3.05) is 13.6 Å². The zero-order valence-electron chi connectivity index (χ0n) is 21.6. The third-order valence-electron chi connectivity index (χ3n) is 7.86. The normalized spacial score (nSPS) is 23.0. The Hall–Kier alpha value is -4.22. The Morgan fingerprint density at radius 1 is 1.15 bits per heavy atom. The number of alkyl halides is 3. The number of fused-ring (bicyclic) bond motifs is 3. The summed E-state index contributed by atoms with van der Waals surface area (Å²) in [6, 6.07) is 5.95. The predicted molar refractivity (Wildman–Crippen MR) is 138 cm³/mol. The molecular weight excluding hydrogens is 530 g/mol. The summed E-state index contributed by atoms with van der Waals surface area (Å²) >= 11 is 0. The Balaban J connectivity index is 1.41. The van der Waals surface area contributed by atoms with Crippen LogP contribution in [0.4, 0.5) is 22.4 Å². The third-order valence-corrected chi connectivity index (χ3v) is 7.86. The minimum absolute atomic E-state index is 0.0722. The Bertz CT molecular complexity index is 1450. The quantitative estimate of drug-likeness (QED) is 0.341. The second kappa shape index (κ2) is 10.1. The van der Waals surface area contributed by atoms with Crippen molar-refractivity contribution in [2.24, 2.45) is 10.7 Å². The van der Waals surface area contributed by atoms with E-state index in [0.717, 1.165) is 17.2 Å². The fraction of sp³-hybridized carbons (Fsp3) is 0.357. The molecule has 1 fully saturated rings. The van der Waals surface area contributed by atoms with Crippen LogP contribution in [0.1, 0.15) is 40.7 Å². The van der Waals surface area contributed by atoms with Crippen molar-refractivity contribution >= 4 is 29.6 Å². The van der Waals surface area contributed by atoms with E-state index in [0.29, 0.717) is 38.5 Å². The largest absolute Gasteiger partial charge is 0.408 e. The lowest BCUT2D eigenvalue weighted by Gasteiger charge is -2.32. The number of rotatable bonds is 4. The molecule has 4 amide bonds. The fourth-order valence-corrected chi connectivity index (χ4v) is 5.88. The number of carbonyl (C=O) groups is 3. The van der Waals surface area contributed by atoms with Gasteiger partial charge in [-0.25, -0.2) is 9.18 Å². The number of hydrogen-bond acceptors (Lipinski definition) is 5. The molecule has 12 heteroatoms. The van der Waals surface area contributed by atoms with E-state index in [1.807, 2.05) is 6.07 Å². The number of allylic oxidation sites excluding steroid dienone is 1. The number of hydrogen-bond donors (Lipinski definition) is 2. The van der Waals surface area contributed by atoms with Gasteiger partial charge in [0.2, 0.25) is 5.91 Å². The van der Waals surface area contributed by atoms with Crippen LogP contribution < -0.4 is 11.1 Å². The highest BCUT2D eigenvalue weighted by molar-refractivity contribution is 6.11. The monoisotopic (exact) mass is 557 g/mol. The van der Waals surface area contributed by atoms with Crippen LogP contribution in [0, 0.1) is 5.82 Å². The number of amides is 4. The molecule has 5 rings (SSSR count). The molecule has 3 N–H and O–H groups in total. The van der Waals surface area contributed by atoms with E-state index in [-0.39, 0.29) is 12.8 Å². The molecule has 40 heavy (non-hydrogen) atoms. The summed E-state index contributed by atoms with van der Waals surface area (Å²) < 4.78 is 55.8. The number of nitrogens with one attached hydrogen (secondary N) is 1. The van der Waals surface area contributed by atoms with E-state index in [9.17, 15) is 31.9 Å². The number of aliphatic imine (C=N–C) groups is 1. The third kappa shape index (κ3) is 4.61. The molecule has 2 aromatic carbocycles. The predicted octanol–water partition coefficient (Wildman–Crippen LogP) is 3.43. The number of carbonyl (C=O) groups excluding carboxylic acids is 3. The lowest BCUT2D eigenvalue weighted by Crippen LogP contribution is -2.52. The highest BCUT2D eigenvalue weighted by Crippen LogP contribution is 2.42. The van der Waals surface area contributed by atoms with Gasteiger partial charge in [0.15, 0.2) is 0 Å². The summed E-state index contributed by atoms with van der Waals surface area (Å²) in [6.45, 7) is -1.27. The van der Waals surface area contributed by atoms with E-state index in [1.165, 1.54) is 18.3 Å². The summed E-state index contributed by atoms with van der Waals surface area (Å²) in [4.78, 5) is 45.3. The molecule has 1 saturated heterocycles. The van der Waals surface area contributed by atoms with Gasteiger partial charge in [0.25, 0.3) is 5.91 Å². The molecule has 2 heterocycles. The molecule has 0 bridgehead atoms. The molecule has 0 saturated carbocycles. The second-order valence-corrected chi connectivity index (χ2v) is 10.1. The van der Waals surface area contributed by atoms with Gasteiger partial charge in [0.1, 0.15) is 23.9 Å². The van der Waals surface area contributed by atoms with Crippen LogP contribution >= 0.6 is 0 Å². The van der Waals surface area contributed by atoms with Gasteiger partial charge >= 0.3 is 12.2 Å². The van der Waals surface area contributed by atoms with Crippen LogP contribution in [0.3, 0.4) is 0 Å². The molecule has 3 aliphatic rings. The molecule has 8 nitrogen and oxygen atoms in total. The molecule has 1 spiro atoms. The lowest BCUT2D eigenvalue weighted by atomic mass is 9.90. The molecule has 210 valence electrons. The summed E-state index contributed by atoms with van der Waals surface area (Å²) in [6.07, 6.45) is -1.61. The van der Waals surface area contributed by atoms with Crippen molar-refractivity contribution in [1.29, 1.82) is 0 Å². The molecule has 1 unspecified atom stereocenters. The molecular formula is C28H27F4N5O3. The van der Waals surface area contributed by atoms with Gasteiger partial charge in [-0.15, -0.1) is 0 Å². The first-order valence-electron chi connectivity index (χ1n) is 12.7. The van der Waals surface area contributed by atoms with Crippen LogP contribution in [0.15, 0.2) is 47.6 Å². The van der Waals surface area contributed by atoms with Crippen molar-refractivity contribution in [2.45, 2.75) is 50.0 Å². The van der Waals surface area contributed by atoms with Crippen LogP contribution in [0.2, 0.25) is 0 Å². The maximum absolute atomic E-state index is 14.0. The zero-order chi connectivity index (χ0) is 28.8. The van der Waals surface area contributed by atoms with Gasteiger partial charge in [-0.3, -0.25) is 19.5 Å². The summed E-state index contributed by atoms with van der Waals surface area (Å²) in [5.74, 6) is -2.29. The highest BCUT2D eigenvalue weighted by Gasteiger charge is 2.56. The highest BCUT2D eigenvalue weighted by atomic mass is 19.4. The van der Waals surface area contributed by atoms with Gasteiger partial charge in [-0.1, -0.05) is 24.3 Å². The van der Waals surface area contributed by atoms with Gasteiger partial charge in [0.05, 0.1) is 0 Å². The van der Waals surface area contributed by atoms with Gasteiger partial charge in [-0.2, -0.15) is 13.2 Å². The molecule has 0 radical (unpaired) electrons. The SMILES string of the molecule is CN=CC(=CN)c1ccc2c(c1)CCC21NC(=O)N(CC(=O)N2Cc3ccc(F)cc3CC[C@H]2C(F)(F)F)C1=O. The first-order valence-corrected chi connectivity index (χ1v) is 12.7. The number of urea groups is 1. The first kappa shape index (κ1) is 27.4. The van der Waals surface area contributed by atoms with Gasteiger partial charge in [0, 0.05) is 31.6 Å². The summed E-state index contributed by atoms with van der Waals surface area (Å²) in [5.41, 5.74) is 7.87. The van der Waals surface area contributed by atoms with E-state index < -0.39 is 60.9 Å². The smallest absolute Gasteiger partial charge is 0.404 e. The summed E-state index contributed by atoms with van der Waals surface area (Å²) in [5, 5.41) is 2.69. The van der Waals surface area contributed by atoms with Gasteiger partial charge < -0.3 is 16.0 Å². The Morgan fingerprint density at radius 3 is 2.62 bits per heavy atom. The standard InChI is InChI=1S/C28H27F4N5O3/c1-34-13-20(12-33)16-3-6-22-18(10-16)8-9-27(22)25(39)37(26(40)35-27)15-24(38)36-14-19-2-5-21(29)11-17(19)4-7-23(36)28(30,31)32/h2-3,5-6,10-13,23H,4,7-9,14-15,33H2,1H3,(H,35,40)/t23-,27?/m0/s1. The van der Waals surface area contributed by atoms with Crippen molar-refractivity contribution in [3.05, 3.63) is 76.2 Å². The van der Waals surface area contributed by atoms with Crippen molar-refractivity contribution in [3.8, 4) is 0 Å². The van der Waals surface area contributed by atoms with Crippen molar-refractivity contribution < 1.29 is 31.9 Å². The van der Waals surface area contributed by atoms with E-state index in [4.69, 9.17) is 5.73 Å². The molecule has 2 atom stereocenters. The van der Waals surface area contributed by atoms with Crippen molar-refractivity contribution in [3.63, 3.8) is 0 Å². The number of nitrogens with zero attached hydrogens (tertiary/aromatic N) is 3. The molecule has 2 aliphatic heterocycles. The number of aryl methyl sites for hydroxylation is 2. The number of imide groups is 1. The van der Waals surface area contributed by atoms with Crippen LogP contribution in [-0.4, -0.2) is 59.7 Å². The Kier molecular flexibility index (Phi) is 6.89. The lowest BCUT2D eigenvalue weighted by molar-refractivity contribution is -0.192. The molecule has 0 aromatic heterocycles. The van der Waals surface area contributed by atoms with Gasteiger partial charge in [-0.05, 0) is 65.6 Å². The topological polar surface area (TPSA) is 108 Å². The number of halogens is 4. The minimum atomic E-state index is -4.75. The minimum Gasteiger partial charge on any atom is -0.404 e. The zero-order valence-corrected chi connectivity index (χ0v) is 21.6. The second-order valence-electron chi connectivity index (χ2n) is 10.1. The van der Waals surface area contributed by atoms with E-state index >= 15 is 0 Å². The maximum atomic E-state index is 14.0. The average molecular weight is 558 g/mol. The average Bonchev–Trinajstić information content (AvgIpc) is 3.29. The first-order chi connectivity index (χ1) is 19.0. The van der Waals surface area contributed by atoms with Crippen LogP contribution in [-0.2, 0) is 34.5 Å². The summed E-state index contributed by atoms with van der Waals surface area (Å²) in [7, 11) is 1.61. The number of nitrogens with two attached hydrogens (primary N) is 1. The van der Waals surface area contributed by atoms with E-state index in [2.05, 4.69) is 10.3 Å². The number of benzene rings is 2. The van der Waals surface area contributed by atoms with E-state index in [1.54, 1.807) is 25.4 Å². The molecule has 1 aliphatic carbocycles. The van der Waals surface area contributed by atoms with Crippen molar-refractivity contribution in [1.82, 2.24) is 15.1 Å². The Labute approximate surface area is 227 Å². The maximum Gasteiger partial charge on any atom is 0.408 e. The molecule has 2 aromatic rings. The Morgan fingerprint density at radius 2 is 1.93 bits per heavy atom. The van der Waals surface area contributed by atoms with Crippen LogP contribution in [0.25, 0.3) is 5.57 Å². The fourth-order valence-electron chi connectivity index (χ4n) is 5.88.